The number of hydrogen-bond acceptors (Lipinski definition) is 0. The Hall–Kier alpha value is -0.780. The minimum atomic E-state index is 1.19. The molecule has 0 aromatic heterocycles. The van der Waals surface area contributed by atoms with Crippen molar-refractivity contribution in [2.24, 2.45) is 0 Å². The highest BCUT2D eigenvalue weighted by molar-refractivity contribution is 5.22. The van der Waals surface area contributed by atoms with Crippen molar-refractivity contribution in [2.45, 2.75) is 20.8 Å². The van der Waals surface area contributed by atoms with Crippen LogP contribution in [-0.4, -0.2) is 0 Å². The van der Waals surface area contributed by atoms with Gasteiger partial charge < -0.3 is 0 Å². The molecule has 0 aliphatic carbocycles. The van der Waals surface area contributed by atoms with Gasteiger partial charge in [0.05, 0.1) is 0 Å². The van der Waals surface area contributed by atoms with E-state index in [0.29, 0.717) is 0 Å². The summed E-state index contributed by atoms with van der Waals surface area (Å²) in [4.78, 5) is 0. The Balaban J connectivity index is 3.74. The van der Waals surface area contributed by atoms with E-state index in [4.69, 9.17) is 0 Å². The maximum Gasteiger partial charge on any atom is 0.00526 e. The lowest BCUT2D eigenvalue weighted by atomic mass is 10.2. The van der Waals surface area contributed by atoms with Crippen LogP contribution in [0.5, 0.6) is 0 Å². The highest BCUT2D eigenvalue weighted by Gasteiger charge is 1.78. The molecule has 0 aliphatic heterocycles. The van der Waals surface area contributed by atoms with Crippen LogP contribution in [0.2, 0.25) is 0 Å². The molecule has 10 heavy (non-hydrogen) atoms. The second kappa shape index (κ2) is 5.04. The van der Waals surface area contributed by atoms with Gasteiger partial charge in [0.2, 0.25) is 0 Å². The smallest absolute Gasteiger partial charge is 0.00526 e. The molecule has 0 spiro atoms. The monoisotopic (exact) mass is 135 g/mol. The molecule has 0 amide bonds. The van der Waals surface area contributed by atoms with Crippen LogP contribution in [0.25, 0.3) is 0 Å². The molecule has 0 nitrogen and oxygen atoms in total. The molecule has 1 radical (unpaired) electrons. The van der Waals surface area contributed by atoms with Gasteiger partial charge in [-0.3, -0.25) is 0 Å². The molecule has 0 heterocycles. The largest absolute Gasteiger partial charge is 0.0988 e. The molecule has 0 unspecified atom stereocenters. The summed E-state index contributed by atoms with van der Waals surface area (Å²) >= 11 is 0. The summed E-state index contributed by atoms with van der Waals surface area (Å²) in [6.07, 6.45) is 7.99. The molecule has 0 aromatic carbocycles. The standard InChI is InChI=1S/C10H15/c1-5-10(4)8-6-7-9(2)3/h5-8H,1H2,2-4H3/b10-8+. The van der Waals surface area contributed by atoms with E-state index in [2.05, 4.69) is 26.5 Å². The zero-order chi connectivity index (χ0) is 7.98. The number of rotatable bonds is 3. The van der Waals surface area contributed by atoms with Crippen LogP contribution in [0.15, 0.2) is 36.0 Å². The number of hydrogen-bond donors (Lipinski definition) is 0. The molecule has 0 fully saturated rings. The van der Waals surface area contributed by atoms with Gasteiger partial charge in [0.25, 0.3) is 0 Å². The molecule has 0 N–H and O–H groups in total. The summed E-state index contributed by atoms with van der Waals surface area (Å²) in [5.41, 5.74) is 2.51. The zero-order valence-electron chi connectivity index (χ0n) is 7.02. The predicted molar refractivity (Wildman–Crippen MR) is 47.7 cm³/mol. The minimum Gasteiger partial charge on any atom is -0.0988 e. The van der Waals surface area contributed by atoms with Crippen molar-refractivity contribution in [3.8, 4) is 0 Å². The Morgan fingerprint density at radius 2 is 1.70 bits per heavy atom. The molecule has 0 heteroatoms. The molecule has 0 saturated heterocycles. The van der Waals surface area contributed by atoms with Crippen LogP contribution < -0.4 is 0 Å². The molecular weight excluding hydrogens is 120 g/mol. The molecule has 0 aromatic rings. The summed E-state index contributed by atoms with van der Waals surface area (Å²) in [6.45, 7) is 9.83. The van der Waals surface area contributed by atoms with Crippen molar-refractivity contribution in [3.05, 3.63) is 42.4 Å². The molecule has 0 bridgehead atoms. The lowest BCUT2D eigenvalue weighted by Crippen LogP contribution is -1.69. The Morgan fingerprint density at radius 3 is 2.10 bits per heavy atom. The van der Waals surface area contributed by atoms with Gasteiger partial charge in [0.15, 0.2) is 0 Å². The average molecular weight is 135 g/mol. The zero-order valence-corrected chi connectivity index (χ0v) is 7.02. The van der Waals surface area contributed by atoms with Crippen molar-refractivity contribution in [1.82, 2.24) is 0 Å². The molecule has 55 valence electrons. The maximum absolute atomic E-state index is 3.65. The first-order chi connectivity index (χ1) is 4.66. The second-order valence-electron chi connectivity index (χ2n) is 2.55. The van der Waals surface area contributed by atoms with Gasteiger partial charge in [0.1, 0.15) is 0 Å². The van der Waals surface area contributed by atoms with Gasteiger partial charge in [0, 0.05) is 6.42 Å². The Kier molecular flexibility index (Phi) is 4.65. The molecular formula is C10H15. The topological polar surface area (TPSA) is 0 Å². The summed E-state index contributed by atoms with van der Waals surface area (Å²) in [5, 5.41) is 0. The first-order valence-electron chi connectivity index (χ1n) is 3.44. The Labute approximate surface area is 64.0 Å². The normalized spacial score (nSPS) is 10.9. The lowest BCUT2D eigenvalue weighted by Gasteiger charge is -1.88. The summed E-state index contributed by atoms with van der Waals surface area (Å²) < 4.78 is 0. The molecule has 0 saturated carbocycles. The van der Waals surface area contributed by atoms with Crippen LogP contribution in [0.3, 0.4) is 0 Å². The van der Waals surface area contributed by atoms with E-state index >= 15 is 0 Å². The minimum absolute atomic E-state index is 1.19. The van der Waals surface area contributed by atoms with Crippen LogP contribution in [0, 0.1) is 6.42 Å². The molecule has 0 aliphatic rings. The van der Waals surface area contributed by atoms with Crippen molar-refractivity contribution in [2.75, 3.05) is 0 Å². The highest BCUT2D eigenvalue weighted by atomic mass is 13.8. The summed E-state index contributed by atoms with van der Waals surface area (Å²) in [7, 11) is 0. The fourth-order valence-electron chi connectivity index (χ4n) is 0.460. The lowest BCUT2D eigenvalue weighted by molar-refractivity contribution is 1.37. The summed E-state index contributed by atoms with van der Waals surface area (Å²) in [5.74, 6) is 0. The first-order valence-corrected chi connectivity index (χ1v) is 3.44. The average Bonchev–Trinajstić information content (AvgIpc) is 1.87. The van der Waals surface area contributed by atoms with Crippen molar-refractivity contribution < 1.29 is 0 Å². The third-order valence-corrected chi connectivity index (χ3v) is 1.11. The van der Waals surface area contributed by atoms with Crippen molar-refractivity contribution in [1.29, 1.82) is 0 Å². The quantitative estimate of drug-likeness (QED) is 0.521. The first kappa shape index (κ1) is 9.22. The van der Waals surface area contributed by atoms with E-state index in [-0.39, 0.29) is 0 Å². The number of allylic oxidation sites excluding steroid dienone is 5. The van der Waals surface area contributed by atoms with Crippen LogP contribution in [-0.2, 0) is 0 Å². The van der Waals surface area contributed by atoms with Gasteiger partial charge in [-0.05, 0) is 20.8 Å². The Bertz CT molecular complexity index is 155. The van der Waals surface area contributed by atoms with Crippen LogP contribution >= 0.6 is 0 Å². The fraction of sp³-hybridized carbons (Fsp3) is 0.300. The van der Waals surface area contributed by atoms with Crippen LogP contribution in [0.4, 0.5) is 0 Å². The van der Waals surface area contributed by atoms with Crippen molar-refractivity contribution >= 4 is 0 Å². The van der Waals surface area contributed by atoms with E-state index in [0.717, 1.165) is 0 Å². The van der Waals surface area contributed by atoms with Gasteiger partial charge in [-0.25, -0.2) is 0 Å². The van der Waals surface area contributed by atoms with E-state index < -0.39 is 0 Å². The Morgan fingerprint density at radius 1 is 1.10 bits per heavy atom. The molecule has 0 rings (SSSR count). The maximum atomic E-state index is 3.65. The van der Waals surface area contributed by atoms with Gasteiger partial charge in [-0.2, -0.15) is 0 Å². The third kappa shape index (κ3) is 5.36. The SMILES string of the molecule is C=C/C(C)=C/[CH]C=C(C)C. The van der Waals surface area contributed by atoms with Gasteiger partial charge >= 0.3 is 0 Å². The molecule has 0 atom stereocenters. The van der Waals surface area contributed by atoms with E-state index in [1.807, 2.05) is 25.5 Å². The van der Waals surface area contributed by atoms with Crippen molar-refractivity contribution in [3.63, 3.8) is 0 Å². The van der Waals surface area contributed by atoms with Crippen LogP contribution in [0.1, 0.15) is 20.8 Å². The third-order valence-electron chi connectivity index (χ3n) is 1.11. The van der Waals surface area contributed by atoms with E-state index in [9.17, 15) is 0 Å². The summed E-state index contributed by atoms with van der Waals surface area (Å²) in [6, 6.07) is 0. The second-order valence-corrected chi connectivity index (χ2v) is 2.55. The van der Waals surface area contributed by atoms with E-state index in [1.54, 1.807) is 0 Å². The van der Waals surface area contributed by atoms with Gasteiger partial charge in [-0.15, -0.1) is 0 Å². The van der Waals surface area contributed by atoms with E-state index in [1.165, 1.54) is 11.1 Å². The van der Waals surface area contributed by atoms with Gasteiger partial charge in [-0.1, -0.05) is 36.0 Å². The predicted octanol–water partition coefficient (Wildman–Crippen LogP) is 3.29. The highest BCUT2D eigenvalue weighted by Crippen LogP contribution is 1.98. The fourth-order valence-corrected chi connectivity index (χ4v) is 0.460.